The summed E-state index contributed by atoms with van der Waals surface area (Å²) >= 11 is 0. The standard InChI is InChI=1S/C15H21N2O5P.C12H15N3O4.C4H8F3O4PS/c1-23(2,21)22-6-8-5-11(14(19)13(8)18)9-3-4-10-12(9)16-7-17-15(10)20;16-3-5-1-6(11(18)10(5)17)7-2-13-9-8(7)14-4-15-12(9)19;1-12(2,8)3-11-13(9,10)4(5,6)7/h3,7-8,11,13-14,18-19H,4-6H2,1-2H3,(H,16,17,20);2,4-6,10-11,13,16-18H,1,3H2,(H,14,15,19);3H2,1-2H3/t8-,11+,13-,14+;5-,6+,10-,11+;/m11./s1. The zero-order chi connectivity index (χ0) is 41.3. The van der Waals surface area contributed by atoms with Crippen LogP contribution in [0.25, 0.3) is 16.6 Å². The third-order valence-electron chi connectivity index (χ3n) is 9.29. The van der Waals surface area contributed by atoms with Crippen LogP contribution >= 0.6 is 14.5 Å². The number of aromatic nitrogens is 5. The van der Waals surface area contributed by atoms with Gasteiger partial charge >= 0.3 is 15.6 Å². The Labute approximate surface area is 312 Å². The van der Waals surface area contributed by atoms with Gasteiger partial charge in [0.2, 0.25) is 0 Å². The van der Waals surface area contributed by atoms with Gasteiger partial charge < -0.3 is 49.6 Å². The lowest BCUT2D eigenvalue weighted by Gasteiger charge is -2.18. The average Bonchev–Trinajstić information content (AvgIpc) is 3.85. The first-order valence-corrected chi connectivity index (χ1v) is 23.4. The molecule has 6 rings (SSSR count). The highest BCUT2D eigenvalue weighted by atomic mass is 32.2. The molecule has 0 unspecified atom stereocenters. The lowest BCUT2D eigenvalue weighted by molar-refractivity contribution is -0.0531. The van der Waals surface area contributed by atoms with Crippen molar-refractivity contribution >= 4 is 41.2 Å². The number of aliphatic hydroxyl groups excluding tert-OH is 5. The maximum atomic E-state index is 11.8. The number of aliphatic hydroxyl groups is 5. The Morgan fingerprint density at radius 2 is 1.45 bits per heavy atom. The molecule has 55 heavy (non-hydrogen) atoms. The first-order chi connectivity index (χ1) is 25.4. The number of nitrogens with zero attached hydrogens (tertiary/aromatic N) is 2. The van der Waals surface area contributed by atoms with Crippen LogP contribution in [0.15, 0.2) is 34.5 Å². The molecule has 2 saturated carbocycles. The fraction of sp³-hybridized carbons (Fsp3) is 0.613. The number of aromatic amines is 3. The van der Waals surface area contributed by atoms with Crippen molar-refractivity contribution in [3.63, 3.8) is 0 Å². The summed E-state index contributed by atoms with van der Waals surface area (Å²) in [5, 5.41) is 49.7. The number of nitrogens with one attached hydrogen (secondary N) is 3. The van der Waals surface area contributed by atoms with Crippen molar-refractivity contribution in [1.82, 2.24) is 24.9 Å². The lowest BCUT2D eigenvalue weighted by atomic mass is 9.93. The molecule has 0 bridgehead atoms. The highest BCUT2D eigenvalue weighted by Gasteiger charge is 2.48. The largest absolute Gasteiger partial charge is 0.523 e. The van der Waals surface area contributed by atoms with Crippen LogP contribution in [-0.2, 0) is 34.4 Å². The number of halogens is 3. The summed E-state index contributed by atoms with van der Waals surface area (Å²) in [6, 6.07) is 0. The van der Waals surface area contributed by atoms with E-state index in [0.29, 0.717) is 47.1 Å². The van der Waals surface area contributed by atoms with Gasteiger partial charge in [0.25, 0.3) is 11.1 Å². The monoisotopic (exact) mass is 845 g/mol. The van der Waals surface area contributed by atoms with Gasteiger partial charge in [-0.2, -0.15) is 21.6 Å². The van der Waals surface area contributed by atoms with E-state index in [0.717, 1.165) is 18.9 Å². The quantitative estimate of drug-likeness (QED) is 0.0851. The smallest absolute Gasteiger partial charge is 0.396 e. The van der Waals surface area contributed by atoms with Crippen LogP contribution in [0.1, 0.15) is 35.6 Å². The number of rotatable bonds is 9. The van der Waals surface area contributed by atoms with E-state index in [9.17, 15) is 65.8 Å². The van der Waals surface area contributed by atoms with Gasteiger partial charge in [0, 0.05) is 60.9 Å². The molecule has 0 saturated heterocycles. The Kier molecular flexibility index (Phi) is 14.0. The van der Waals surface area contributed by atoms with Gasteiger partial charge in [-0.15, -0.1) is 0 Å². The van der Waals surface area contributed by atoms with Gasteiger partial charge in [0.1, 0.15) is 19.0 Å². The Morgan fingerprint density at radius 1 is 0.873 bits per heavy atom. The van der Waals surface area contributed by atoms with Crippen molar-refractivity contribution in [3.05, 3.63) is 62.5 Å². The molecule has 2 fully saturated rings. The van der Waals surface area contributed by atoms with Crippen LogP contribution in [0.4, 0.5) is 13.2 Å². The molecular formula is C31H44F3N5O13P2S. The second kappa shape index (κ2) is 17.2. The van der Waals surface area contributed by atoms with E-state index in [1.165, 1.54) is 26.0 Å². The van der Waals surface area contributed by atoms with Gasteiger partial charge in [-0.1, -0.05) is 6.08 Å². The summed E-state index contributed by atoms with van der Waals surface area (Å²) in [5.74, 6) is -1.29. The maximum absolute atomic E-state index is 11.8. The SMILES string of the molecule is CP(C)(=O)COS(=O)(=O)C(F)(F)F.CP(C)(=O)OC[C@H]1C[C@@H](C2=CCc3c2nc[nH]c3=O)[C@H](O)[C@@H]1O.O=c1[nH]cnc2c([C@@H]3C[C@H](CO)[C@@H](O)[C@H]3O)c[nH]c12. The zero-order valence-corrected chi connectivity index (χ0v) is 32.6. The molecule has 0 radical (unpaired) electrons. The van der Waals surface area contributed by atoms with E-state index in [4.69, 9.17) is 4.52 Å². The second-order valence-electron chi connectivity index (χ2n) is 14.2. The molecule has 0 aromatic carbocycles. The molecule has 3 aliphatic carbocycles. The van der Waals surface area contributed by atoms with E-state index >= 15 is 0 Å². The second-order valence-corrected chi connectivity index (χ2v) is 22.0. The number of fused-ring (bicyclic) bond motifs is 2. The van der Waals surface area contributed by atoms with Gasteiger partial charge in [0.15, 0.2) is 7.37 Å². The van der Waals surface area contributed by atoms with Crippen LogP contribution in [0.3, 0.4) is 0 Å². The van der Waals surface area contributed by atoms with E-state index in [2.05, 4.69) is 29.1 Å². The van der Waals surface area contributed by atoms with Crippen molar-refractivity contribution in [3.8, 4) is 0 Å². The zero-order valence-electron chi connectivity index (χ0n) is 30.0. The minimum atomic E-state index is -5.60. The molecule has 3 aromatic heterocycles. The number of hydrogen-bond acceptors (Lipinski definition) is 15. The van der Waals surface area contributed by atoms with Crippen molar-refractivity contribution < 1.29 is 65.0 Å². The van der Waals surface area contributed by atoms with Crippen LogP contribution in [0.2, 0.25) is 0 Å². The minimum Gasteiger partial charge on any atom is -0.396 e. The Balaban J connectivity index is 0.000000191. The molecule has 8 atom stereocenters. The highest BCUT2D eigenvalue weighted by Crippen LogP contribution is 2.45. The van der Waals surface area contributed by atoms with Gasteiger partial charge in [-0.05, 0) is 38.2 Å². The van der Waals surface area contributed by atoms with Crippen molar-refractivity contribution in [2.45, 2.75) is 55.1 Å². The van der Waals surface area contributed by atoms with E-state index in [1.807, 2.05) is 6.08 Å². The Hall–Kier alpha value is -3.04. The summed E-state index contributed by atoms with van der Waals surface area (Å²) in [6.07, 6.45) is 2.87. The molecule has 0 spiro atoms. The molecule has 0 aliphatic heterocycles. The number of allylic oxidation sites excluding steroid dienone is 1. The van der Waals surface area contributed by atoms with Crippen LogP contribution in [0.5, 0.6) is 0 Å². The number of alkyl halides is 3. The Bertz CT molecular complexity index is 2180. The molecule has 24 heteroatoms. The molecule has 18 nitrogen and oxygen atoms in total. The molecule has 308 valence electrons. The summed E-state index contributed by atoms with van der Waals surface area (Å²) < 4.78 is 86.7. The number of hydrogen-bond donors (Lipinski definition) is 8. The van der Waals surface area contributed by atoms with Crippen molar-refractivity contribution in [2.24, 2.45) is 17.8 Å². The first kappa shape index (κ1) is 44.7. The lowest BCUT2D eigenvalue weighted by Crippen LogP contribution is -2.30. The van der Waals surface area contributed by atoms with Crippen LogP contribution in [0, 0.1) is 17.8 Å². The van der Waals surface area contributed by atoms with Gasteiger partial charge in [0.05, 0.1) is 54.9 Å². The predicted octanol–water partition coefficient (Wildman–Crippen LogP) is 1.12. The summed E-state index contributed by atoms with van der Waals surface area (Å²) in [6.45, 7) is 5.26. The van der Waals surface area contributed by atoms with E-state index < -0.39 is 60.9 Å². The third kappa shape index (κ3) is 10.7. The minimum absolute atomic E-state index is 0.141. The van der Waals surface area contributed by atoms with E-state index in [1.54, 1.807) is 6.20 Å². The predicted molar refractivity (Wildman–Crippen MR) is 193 cm³/mol. The fourth-order valence-electron chi connectivity index (χ4n) is 6.51. The molecular weight excluding hydrogens is 801 g/mol. The summed E-state index contributed by atoms with van der Waals surface area (Å²) in [7, 11) is -11.2. The van der Waals surface area contributed by atoms with Crippen molar-refractivity contribution in [2.75, 3.05) is 46.2 Å². The topological polar surface area (TPSA) is 295 Å². The van der Waals surface area contributed by atoms with Crippen LogP contribution < -0.4 is 11.1 Å². The fourth-order valence-corrected chi connectivity index (χ4v) is 8.76. The van der Waals surface area contributed by atoms with Gasteiger partial charge in [-0.25, -0.2) is 9.97 Å². The molecule has 8 N–H and O–H groups in total. The molecule has 3 heterocycles. The highest BCUT2D eigenvalue weighted by molar-refractivity contribution is 7.87. The molecule has 0 amide bonds. The van der Waals surface area contributed by atoms with Crippen molar-refractivity contribution in [1.29, 1.82) is 0 Å². The molecule has 3 aliphatic rings. The Morgan fingerprint density at radius 3 is 2.04 bits per heavy atom. The van der Waals surface area contributed by atoms with Gasteiger partial charge in [-0.3, -0.25) is 18.3 Å². The first-order valence-electron chi connectivity index (χ1n) is 16.7. The van der Waals surface area contributed by atoms with E-state index in [-0.39, 0.29) is 48.0 Å². The average molecular weight is 846 g/mol. The normalized spacial score (nSPS) is 26.9. The van der Waals surface area contributed by atoms with Crippen LogP contribution in [-0.4, -0.2) is 135 Å². The maximum Gasteiger partial charge on any atom is 0.523 e. The number of H-pyrrole nitrogens is 3. The summed E-state index contributed by atoms with van der Waals surface area (Å²) in [5.41, 5.74) is -2.36. The molecule has 3 aromatic rings. The summed E-state index contributed by atoms with van der Waals surface area (Å²) in [4.78, 5) is 39.6. The third-order valence-corrected chi connectivity index (χ3v) is 12.0.